The Labute approximate surface area is 163 Å². The number of hydrogen-bond donors (Lipinski definition) is 2. The van der Waals surface area contributed by atoms with Crippen molar-refractivity contribution >= 4 is 29.9 Å². The van der Waals surface area contributed by atoms with E-state index in [1.807, 2.05) is 31.5 Å². The summed E-state index contributed by atoms with van der Waals surface area (Å²) in [6, 6.07) is 7.98. The maximum Gasteiger partial charge on any atom is 0.191 e. The van der Waals surface area contributed by atoms with Crippen molar-refractivity contribution in [3.05, 3.63) is 59.9 Å². The minimum atomic E-state index is -0.473. The molecule has 1 aliphatic rings. The third-order valence-electron chi connectivity index (χ3n) is 4.12. The van der Waals surface area contributed by atoms with Gasteiger partial charge in [0.1, 0.15) is 11.6 Å². The molecule has 4 nitrogen and oxygen atoms in total. The molecule has 1 aromatic carbocycles. The molecule has 1 aromatic heterocycles. The SMILES string of the molecule is CCNC(=NCCn1cccc1)NC1CC1c1c(F)cccc1F.I. The second kappa shape index (κ2) is 9.17. The summed E-state index contributed by atoms with van der Waals surface area (Å²) in [6.45, 7) is 4.15. The lowest BCUT2D eigenvalue weighted by molar-refractivity contribution is 0.553. The van der Waals surface area contributed by atoms with Gasteiger partial charge < -0.3 is 15.2 Å². The summed E-state index contributed by atoms with van der Waals surface area (Å²) in [5.41, 5.74) is 0.179. The number of rotatable bonds is 6. The molecule has 1 saturated carbocycles. The van der Waals surface area contributed by atoms with Crippen molar-refractivity contribution in [2.45, 2.75) is 31.8 Å². The van der Waals surface area contributed by atoms with Crippen molar-refractivity contribution in [2.24, 2.45) is 4.99 Å². The van der Waals surface area contributed by atoms with Crippen molar-refractivity contribution in [1.29, 1.82) is 0 Å². The monoisotopic (exact) mass is 460 g/mol. The Morgan fingerprint density at radius 1 is 1.20 bits per heavy atom. The minimum Gasteiger partial charge on any atom is -0.357 e. The van der Waals surface area contributed by atoms with Gasteiger partial charge in [0.2, 0.25) is 0 Å². The van der Waals surface area contributed by atoms with E-state index in [1.54, 1.807) is 0 Å². The molecule has 1 fully saturated rings. The molecule has 25 heavy (non-hydrogen) atoms. The van der Waals surface area contributed by atoms with Crippen molar-refractivity contribution < 1.29 is 8.78 Å². The van der Waals surface area contributed by atoms with Crippen LogP contribution < -0.4 is 10.6 Å². The van der Waals surface area contributed by atoms with Gasteiger partial charge in [0, 0.05) is 43.0 Å². The summed E-state index contributed by atoms with van der Waals surface area (Å²) in [4.78, 5) is 4.53. The molecule has 2 aromatic rings. The number of nitrogens with zero attached hydrogens (tertiary/aromatic N) is 2. The van der Waals surface area contributed by atoms with E-state index in [1.165, 1.54) is 18.2 Å². The van der Waals surface area contributed by atoms with Crippen LogP contribution in [0, 0.1) is 11.6 Å². The quantitative estimate of drug-likeness (QED) is 0.394. The molecule has 2 unspecified atom stereocenters. The Hall–Kier alpha value is -1.64. The van der Waals surface area contributed by atoms with E-state index in [-0.39, 0.29) is 41.5 Å². The van der Waals surface area contributed by atoms with E-state index in [0.717, 1.165) is 13.1 Å². The maximum absolute atomic E-state index is 13.8. The van der Waals surface area contributed by atoms with Crippen LogP contribution in [-0.2, 0) is 6.54 Å². The molecule has 0 aliphatic heterocycles. The molecule has 0 radical (unpaired) electrons. The highest BCUT2D eigenvalue weighted by molar-refractivity contribution is 14.0. The van der Waals surface area contributed by atoms with Gasteiger partial charge in [-0.05, 0) is 37.6 Å². The highest BCUT2D eigenvalue weighted by atomic mass is 127. The van der Waals surface area contributed by atoms with Gasteiger partial charge in [-0.3, -0.25) is 4.99 Å². The summed E-state index contributed by atoms with van der Waals surface area (Å²) >= 11 is 0. The molecule has 0 saturated heterocycles. The van der Waals surface area contributed by atoms with Gasteiger partial charge in [0.15, 0.2) is 5.96 Å². The predicted molar refractivity (Wildman–Crippen MR) is 106 cm³/mol. The zero-order chi connectivity index (χ0) is 16.9. The molecular weight excluding hydrogens is 437 g/mol. The van der Waals surface area contributed by atoms with Gasteiger partial charge in [-0.2, -0.15) is 0 Å². The third kappa shape index (κ3) is 5.17. The topological polar surface area (TPSA) is 41.4 Å². The summed E-state index contributed by atoms with van der Waals surface area (Å²) in [5, 5.41) is 6.45. The molecule has 0 spiro atoms. The average Bonchev–Trinajstić information content (AvgIpc) is 3.08. The van der Waals surface area contributed by atoms with Gasteiger partial charge in [-0.1, -0.05) is 6.07 Å². The molecule has 1 aliphatic carbocycles. The van der Waals surface area contributed by atoms with Crippen LogP contribution in [0.25, 0.3) is 0 Å². The minimum absolute atomic E-state index is 0. The standard InChI is InChI=1S/C18H22F2N4.HI/c1-2-21-18(22-8-11-24-9-3-4-10-24)23-16-12-13(16)17-14(19)6-5-7-15(17)20;/h3-7,9-10,13,16H,2,8,11-12H2,1H3,(H2,21,22,23);1H. The average molecular weight is 460 g/mol. The van der Waals surface area contributed by atoms with E-state index >= 15 is 0 Å². The van der Waals surface area contributed by atoms with Crippen molar-refractivity contribution in [3.63, 3.8) is 0 Å². The first-order chi connectivity index (χ1) is 11.7. The first-order valence-electron chi connectivity index (χ1n) is 8.28. The van der Waals surface area contributed by atoms with Crippen molar-refractivity contribution in [2.75, 3.05) is 13.1 Å². The van der Waals surface area contributed by atoms with Crippen molar-refractivity contribution in [3.8, 4) is 0 Å². The number of guanidine groups is 1. The second-order valence-corrected chi connectivity index (χ2v) is 5.91. The Morgan fingerprint density at radius 3 is 2.52 bits per heavy atom. The molecule has 136 valence electrons. The van der Waals surface area contributed by atoms with Gasteiger partial charge >= 0.3 is 0 Å². The summed E-state index contributed by atoms with van der Waals surface area (Å²) in [6.07, 6.45) is 4.70. The van der Waals surface area contributed by atoms with Crippen LogP contribution in [0.1, 0.15) is 24.8 Å². The fourth-order valence-electron chi connectivity index (χ4n) is 2.83. The molecule has 2 N–H and O–H groups in total. The molecule has 2 atom stereocenters. The Balaban J connectivity index is 0.00000225. The number of aliphatic imine (C=N–C) groups is 1. The number of aromatic nitrogens is 1. The Morgan fingerprint density at radius 2 is 1.88 bits per heavy atom. The molecule has 1 heterocycles. The Kier molecular flexibility index (Phi) is 7.22. The van der Waals surface area contributed by atoms with Crippen molar-refractivity contribution in [1.82, 2.24) is 15.2 Å². The molecule has 0 amide bonds. The van der Waals surface area contributed by atoms with Crippen LogP contribution in [0.4, 0.5) is 8.78 Å². The fourth-order valence-corrected chi connectivity index (χ4v) is 2.83. The lowest BCUT2D eigenvalue weighted by atomic mass is 10.1. The third-order valence-corrected chi connectivity index (χ3v) is 4.12. The van der Waals surface area contributed by atoms with Gasteiger partial charge in [-0.15, -0.1) is 24.0 Å². The Bertz CT molecular complexity index is 683. The molecule has 7 heteroatoms. The normalized spacial score (nSPS) is 19.2. The summed E-state index contributed by atoms with van der Waals surface area (Å²) in [7, 11) is 0. The molecular formula is C18H23F2IN4. The lowest BCUT2D eigenvalue weighted by Gasteiger charge is -2.12. The molecule has 0 bridgehead atoms. The van der Waals surface area contributed by atoms with Crippen LogP contribution >= 0.6 is 24.0 Å². The van der Waals surface area contributed by atoms with Crippen LogP contribution in [0.2, 0.25) is 0 Å². The first-order valence-corrected chi connectivity index (χ1v) is 8.28. The van der Waals surface area contributed by atoms with Crippen LogP contribution in [-0.4, -0.2) is 29.7 Å². The fraction of sp³-hybridized carbons (Fsp3) is 0.389. The van der Waals surface area contributed by atoms with Crippen LogP contribution in [0.15, 0.2) is 47.7 Å². The van der Waals surface area contributed by atoms with Gasteiger partial charge in [-0.25, -0.2) is 8.78 Å². The van der Waals surface area contributed by atoms with Crippen LogP contribution in [0.5, 0.6) is 0 Å². The summed E-state index contributed by atoms with van der Waals surface area (Å²) < 4.78 is 29.7. The van der Waals surface area contributed by atoms with Crippen LogP contribution in [0.3, 0.4) is 0 Å². The number of halogens is 3. The maximum atomic E-state index is 13.8. The number of hydrogen-bond acceptors (Lipinski definition) is 1. The zero-order valence-electron chi connectivity index (χ0n) is 14.1. The summed E-state index contributed by atoms with van der Waals surface area (Å²) in [5.74, 6) is -0.397. The largest absolute Gasteiger partial charge is 0.357 e. The van der Waals surface area contributed by atoms with Gasteiger partial charge in [0.25, 0.3) is 0 Å². The smallest absolute Gasteiger partial charge is 0.191 e. The molecule has 3 rings (SSSR count). The highest BCUT2D eigenvalue weighted by Gasteiger charge is 2.42. The highest BCUT2D eigenvalue weighted by Crippen LogP contribution is 2.42. The van der Waals surface area contributed by atoms with E-state index in [2.05, 4.69) is 20.2 Å². The predicted octanol–water partition coefficient (Wildman–Crippen LogP) is 3.50. The zero-order valence-corrected chi connectivity index (χ0v) is 16.4. The van der Waals surface area contributed by atoms with E-state index in [0.29, 0.717) is 18.9 Å². The van der Waals surface area contributed by atoms with E-state index in [4.69, 9.17) is 0 Å². The van der Waals surface area contributed by atoms with E-state index in [9.17, 15) is 8.78 Å². The number of nitrogens with one attached hydrogen (secondary N) is 2. The lowest BCUT2D eigenvalue weighted by Crippen LogP contribution is -2.39. The first kappa shape index (κ1) is 19.7. The second-order valence-electron chi connectivity index (χ2n) is 5.91. The van der Waals surface area contributed by atoms with Gasteiger partial charge in [0.05, 0.1) is 6.54 Å². The number of benzene rings is 1. The van der Waals surface area contributed by atoms with E-state index < -0.39 is 11.6 Å².